The molecule has 2 heterocycles. The minimum Gasteiger partial charge on any atom is -0.361 e. The fourth-order valence-corrected chi connectivity index (χ4v) is 5.47. The van der Waals surface area contributed by atoms with Crippen LogP contribution in [-0.2, 0) is 0 Å². The van der Waals surface area contributed by atoms with Gasteiger partial charge in [-0.15, -0.1) is 0 Å². The number of hydrogen-bond acceptors (Lipinski definition) is 1. The molecule has 0 spiro atoms. The van der Waals surface area contributed by atoms with E-state index in [4.69, 9.17) is 4.98 Å². The largest absolute Gasteiger partial charge is 0.361 e. The van der Waals surface area contributed by atoms with Crippen molar-refractivity contribution < 1.29 is 0 Å². The van der Waals surface area contributed by atoms with Gasteiger partial charge in [0.2, 0.25) is 0 Å². The number of nitrogens with one attached hydrogen (secondary N) is 1. The highest BCUT2D eigenvalue weighted by Gasteiger charge is 2.19. The second kappa shape index (κ2) is 7.98. The van der Waals surface area contributed by atoms with E-state index in [1.54, 1.807) is 0 Å². The molecule has 1 atom stereocenters. The summed E-state index contributed by atoms with van der Waals surface area (Å²) in [5.74, 6) is 1.04. The molecule has 3 nitrogen and oxygen atoms in total. The van der Waals surface area contributed by atoms with Gasteiger partial charge in [-0.1, -0.05) is 62.6 Å². The summed E-state index contributed by atoms with van der Waals surface area (Å²) < 4.78 is 2.23. The first-order valence-corrected chi connectivity index (χ1v) is 11.9. The molecule has 1 fully saturated rings. The third-order valence-corrected chi connectivity index (χ3v) is 7.39. The summed E-state index contributed by atoms with van der Waals surface area (Å²) in [6.45, 7) is 2.26. The Balaban J connectivity index is 1.38. The zero-order valence-corrected chi connectivity index (χ0v) is 18.6. The van der Waals surface area contributed by atoms with E-state index in [1.165, 1.54) is 65.4 Å². The van der Waals surface area contributed by atoms with Gasteiger partial charge in [-0.05, 0) is 65.8 Å². The van der Waals surface area contributed by atoms with E-state index in [1.807, 2.05) is 6.33 Å². The Labute approximate surface area is 189 Å². The maximum absolute atomic E-state index is 4.77. The highest BCUT2D eigenvalue weighted by Crippen LogP contribution is 2.37. The second-order valence-electron chi connectivity index (χ2n) is 9.30. The van der Waals surface area contributed by atoms with Gasteiger partial charge in [0, 0.05) is 28.7 Å². The molecule has 0 saturated heterocycles. The summed E-state index contributed by atoms with van der Waals surface area (Å²) in [4.78, 5) is 8.27. The third kappa shape index (κ3) is 3.33. The summed E-state index contributed by atoms with van der Waals surface area (Å²) in [6.07, 6.45) is 10.9. The van der Waals surface area contributed by atoms with Gasteiger partial charge in [-0.3, -0.25) is 4.57 Å². The SMILES string of the molecule is CC(c1ccccc1)c1ccc2c(c1)ncn2-c1ccc2[nH]cc(C3CCCCC3)c2c1. The quantitative estimate of drug-likeness (QED) is 0.318. The van der Waals surface area contributed by atoms with E-state index < -0.39 is 0 Å². The molecular weight excluding hydrogens is 390 g/mol. The molecule has 0 bridgehead atoms. The molecule has 1 aliphatic rings. The molecule has 1 aliphatic carbocycles. The molecule has 1 N–H and O–H groups in total. The van der Waals surface area contributed by atoms with Crippen molar-refractivity contribution in [1.29, 1.82) is 0 Å². The standard InChI is InChI=1S/C29H29N3/c1-20(21-8-4-2-5-9-21)23-12-15-29-28(16-23)31-19-32(29)24-13-14-27-25(17-24)26(18-30-27)22-10-6-3-7-11-22/h2,4-5,8-9,12-20,22,30H,3,6-7,10-11H2,1H3. The lowest BCUT2D eigenvalue weighted by Crippen LogP contribution is -2.03. The molecule has 6 rings (SSSR count). The van der Waals surface area contributed by atoms with Crippen molar-refractivity contribution in [3.05, 3.63) is 95.9 Å². The van der Waals surface area contributed by atoms with Gasteiger partial charge in [0.1, 0.15) is 6.33 Å². The third-order valence-electron chi connectivity index (χ3n) is 7.39. The van der Waals surface area contributed by atoms with E-state index in [0.717, 1.165) is 11.0 Å². The van der Waals surface area contributed by atoms with Gasteiger partial charge in [0.15, 0.2) is 0 Å². The molecule has 2 aromatic heterocycles. The molecule has 0 radical (unpaired) electrons. The van der Waals surface area contributed by atoms with E-state index in [2.05, 4.69) is 89.4 Å². The van der Waals surface area contributed by atoms with E-state index in [9.17, 15) is 0 Å². The molecule has 5 aromatic rings. The predicted molar refractivity (Wildman–Crippen MR) is 133 cm³/mol. The normalized spacial score (nSPS) is 16.0. The van der Waals surface area contributed by atoms with Crippen LogP contribution in [0.3, 0.4) is 0 Å². The monoisotopic (exact) mass is 419 g/mol. The van der Waals surface area contributed by atoms with Gasteiger partial charge in [-0.25, -0.2) is 4.98 Å². The topological polar surface area (TPSA) is 33.6 Å². The molecule has 160 valence electrons. The van der Waals surface area contributed by atoms with Gasteiger partial charge < -0.3 is 4.98 Å². The van der Waals surface area contributed by atoms with Crippen molar-refractivity contribution in [1.82, 2.24) is 14.5 Å². The van der Waals surface area contributed by atoms with Crippen molar-refractivity contribution in [2.75, 3.05) is 0 Å². The zero-order valence-electron chi connectivity index (χ0n) is 18.6. The first-order chi connectivity index (χ1) is 15.8. The Morgan fingerprint density at radius 1 is 0.906 bits per heavy atom. The van der Waals surface area contributed by atoms with Crippen LogP contribution in [-0.4, -0.2) is 14.5 Å². The van der Waals surface area contributed by atoms with Crippen LogP contribution in [0.25, 0.3) is 27.6 Å². The first kappa shape index (κ1) is 19.4. The fraction of sp³-hybridized carbons (Fsp3) is 0.276. The number of rotatable bonds is 4. The number of nitrogens with zero attached hydrogens (tertiary/aromatic N) is 2. The summed E-state index contributed by atoms with van der Waals surface area (Å²) in [5.41, 5.74) is 8.74. The van der Waals surface area contributed by atoms with Crippen LogP contribution >= 0.6 is 0 Å². The maximum Gasteiger partial charge on any atom is 0.100 e. The Hall–Kier alpha value is -3.33. The van der Waals surface area contributed by atoms with Gasteiger partial charge in [0.25, 0.3) is 0 Å². The molecular formula is C29H29N3. The van der Waals surface area contributed by atoms with Crippen LogP contribution in [0.2, 0.25) is 0 Å². The average Bonchev–Trinajstić information content (AvgIpc) is 3.48. The molecule has 32 heavy (non-hydrogen) atoms. The minimum absolute atomic E-state index is 0.347. The number of benzene rings is 3. The van der Waals surface area contributed by atoms with E-state index in [0.29, 0.717) is 11.8 Å². The van der Waals surface area contributed by atoms with Gasteiger partial charge >= 0.3 is 0 Å². The molecule has 3 heteroatoms. The molecule has 3 aromatic carbocycles. The number of aromatic nitrogens is 3. The van der Waals surface area contributed by atoms with Crippen molar-refractivity contribution >= 4 is 21.9 Å². The molecule has 0 amide bonds. The summed E-state index contributed by atoms with van der Waals surface area (Å²) in [7, 11) is 0. The Morgan fingerprint density at radius 3 is 2.59 bits per heavy atom. The molecule has 1 saturated carbocycles. The predicted octanol–water partition coefficient (Wildman–Crippen LogP) is 7.71. The van der Waals surface area contributed by atoms with Crippen LogP contribution in [0.1, 0.15) is 67.6 Å². The molecule has 0 aliphatic heterocycles. The van der Waals surface area contributed by atoms with Crippen LogP contribution in [0.15, 0.2) is 79.3 Å². The number of aromatic amines is 1. The Bertz CT molecular complexity index is 1370. The van der Waals surface area contributed by atoms with E-state index in [-0.39, 0.29) is 0 Å². The van der Waals surface area contributed by atoms with Crippen LogP contribution in [0.5, 0.6) is 0 Å². The summed E-state index contributed by atoms with van der Waals surface area (Å²) in [5, 5.41) is 1.37. The number of fused-ring (bicyclic) bond motifs is 2. The summed E-state index contributed by atoms with van der Waals surface area (Å²) >= 11 is 0. The maximum atomic E-state index is 4.77. The van der Waals surface area contributed by atoms with Crippen molar-refractivity contribution in [3.8, 4) is 5.69 Å². The fourth-order valence-electron chi connectivity index (χ4n) is 5.47. The highest BCUT2D eigenvalue weighted by molar-refractivity contribution is 5.87. The zero-order chi connectivity index (χ0) is 21.5. The van der Waals surface area contributed by atoms with Crippen molar-refractivity contribution in [2.24, 2.45) is 0 Å². The van der Waals surface area contributed by atoms with Gasteiger partial charge in [-0.2, -0.15) is 0 Å². The van der Waals surface area contributed by atoms with Crippen molar-refractivity contribution in [3.63, 3.8) is 0 Å². The lowest BCUT2D eigenvalue weighted by atomic mass is 9.84. The van der Waals surface area contributed by atoms with Crippen LogP contribution in [0, 0.1) is 0 Å². The molecule has 1 unspecified atom stereocenters. The van der Waals surface area contributed by atoms with Crippen molar-refractivity contribution in [2.45, 2.75) is 50.9 Å². The minimum atomic E-state index is 0.347. The second-order valence-corrected chi connectivity index (χ2v) is 9.30. The number of H-pyrrole nitrogens is 1. The number of hydrogen-bond donors (Lipinski definition) is 1. The highest BCUT2D eigenvalue weighted by atomic mass is 15.0. The smallest absolute Gasteiger partial charge is 0.100 e. The number of imidazole rings is 1. The Morgan fingerprint density at radius 2 is 1.75 bits per heavy atom. The van der Waals surface area contributed by atoms with E-state index >= 15 is 0 Å². The average molecular weight is 420 g/mol. The Kier molecular flexibility index (Phi) is 4.83. The lowest BCUT2D eigenvalue weighted by Gasteiger charge is -2.21. The van der Waals surface area contributed by atoms with Gasteiger partial charge in [0.05, 0.1) is 11.0 Å². The summed E-state index contributed by atoms with van der Waals surface area (Å²) in [6, 6.07) is 24.2. The van der Waals surface area contributed by atoms with Crippen LogP contribution < -0.4 is 0 Å². The van der Waals surface area contributed by atoms with Crippen LogP contribution in [0.4, 0.5) is 0 Å². The first-order valence-electron chi connectivity index (χ1n) is 11.9. The lowest BCUT2D eigenvalue weighted by molar-refractivity contribution is 0.445.